The van der Waals surface area contributed by atoms with Crippen LogP contribution >= 0.6 is 0 Å². The van der Waals surface area contributed by atoms with E-state index in [0.29, 0.717) is 13.1 Å². The second-order valence-corrected chi connectivity index (χ2v) is 3.37. The maximum absolute atomic E-state index is 5.53. The average molecular weight is 202 g/mol. The molecule has 0 amide bonds. The highest BCUT2D eigenvalue weighted by atomic mass is 15.3. The van der Waals surface area contributed by atoms with Gasteiger partial charge in [0.2, 0.25) is 0 Å². The first-order valence-corrected chi connectivity index (χ1v) is 4.86. The van der Waals surface area contributed by atoms with E-state index in [1.807, 2.05) is 35.1 Å². The van der Waals surface area contributed by atoms with Gasteiger partial charge in [-0.2, -0.15) is 5.10 Å². The van der Waals surface area contributed by atoms with Crippen molar-refractivity contribution in [3.63, 3.8) is 0 Å². The minimum Gasteiger partial charge on any atom is -0.326 e. The van der Waals surface area contributed by atoms with E-state index in [1.165, 1.54) is 0 Å². The van der Waals surface area contributed by atoms with Gasteiger partial charge in [0.15, 0.2) is 0 Å². The SMILES string of the molecule is NCc1ccc(-n2cc(CN)cn2)cc1. The first kappa shape index (κ1) is 9.89. The zero-order chi connectivity index (χ0) is 10.7. The van der Waals surface area contributed by atoms with Crippen molar-refractivity contribution >= 4 is 0 Å². The van der Waals surface area contributed by atoms with Gasteiger partial charge >= 0.3 is 0 Å². The quantitative estimate of drug-likeness (QED) is 0.773. The van der Waals surface area contributed by atoms with Crippen molar-refractivity contribution in [3.05, 3.63) is 47.8 Å². The number of hydrogen-bond acceptors (Lipinski definition) is 3. The average Bonchev–Trinajstić information content (AvgIpc) is 2.78. The third-order valence-electron chi connectivity index (χ3n) is 2.31. The predicted octanol–water partition coefficient (Wildman–Crippen LogP) is 0.790. The zero-order valence-electron chi connectivity index (χ0n) is 8.43. The third kappa shape index (κ3) is 2.06. The molecule has 0 aliphatic rings. The van der Waals surface area contributed by atoms with Gasteiger partial charge in [0, 0.05) is 24.8 Å². The molecule has 1 aromatic heterocycles. The molecule has 0 spiro atoms. The standard InChI is InChI=1S/C11H14N4/c12-5-9-1-3-11(4-2-9)15-8-10(6-13)7-14-15/h1-4,7-8H,5-6,12-13H2. The molecule has 0 atom stereocenters. The van der Waals surface area contributed by atoms with E-state index in [9.17, 15) is 0 Å². The van der Waals surface area contributed by atoms with Crippen molar-refractivity contribution < 1.29 is 0 Å². The van der Waals surface area contributed by atoms with Crippen LogP contribution in [-0.2, 0) is 13.1 Å². The Labute approximate surface area is 88.5 Å². The molecule has 4 heteroatoms. The Bertz CT molecular complexity index is 430. The molecule has 0 aliphatic heterocycles. The maximum Gasteiger partial charge on any atom is 0.0645 e. The molecule has 4 nitrogen and oxygen atoms in total. The largest absolute Gasteiger partial charge is 0.326 e. The van der Waals surface area contributed by atoms with Crippen molar-refractivity contribution in [2.75, 3.05) is 0 Å². The molecule has 0 bridgehead atoms. The van der Waals surface area contributed by atoms with E-state index in [1.54, 1.807) is 6.20 Å². The summed E-state index contributed by atoms with van der Waals surface area (Å²) in [6.45, 7) is 1.08. The summed E-state index contributed by atoms with van der Waals surface area (Å²) in [4.78, 5) is 0. The summed E-state index contributed by atoms with van der Waals surface area (Å²) in [5, 5.41) is 4.22. The van der Waals surface area contributed by atoms with E-state index in [4.69, 9.17) is 11.5 Å². The Morgan fingerprint density at radius 1 is 1.00 bits per heavy atom. The van der Waals surface area contributed by atoms with E-state index in [-0.39, 0.29) is 0 Å². The molecule has 0 unspecified atom stereocenters. The summed E-state index contributed by atoms with van der Waals surface area (Å²) in [7, 11) is 0. The van der Waals surface area contributed by atoms with Crippen molar-refractivity contribution in [3.8, 4) is 5.69 Å². The molecule has 15 heavy (non-hydrogen) atoms. The number of benzene rings is 1. The summed E-state index contributed by atoms with van der Waals surface area (Å²) >= 11 is 0. The Morgan fingerprint density at radius 2 is 1.67 bits per heavy atom. The fourth-order valence-electron chi connectivity index (χ4n) is 1.39. The highest BCUT2D eigenvalue weighted by molar-refractivity contribution is 5.34. The van der Waals surface area contributed by atoms with Gasteiger partial charge in [-0.15, -0.1) is 0 Å². The van der Waals surface area contributed by atoms with Crippen LogP contribution in [0.1, 0.15) is 11.1 Å². The van der Waals surface area contributed by atoms with Crippen molar-refractivity contribution in [2.45, 2.75) is 13.1 Å². The maximum atomic E-state index is 5.53. The van der Waals surface area contributed by atoms with Crippen LogP contribution in [0.15, 0.2) is 36.7 Å². The topological polar surface area (TPSA) is 69.9 Å². The Morgan fingerprint density at radius 3 is 2.20 bits per heavy atom. The fraction of sp³-hybridized carbons (Fsp3) is 0.182. The lowest BCUT2D eigenvalue weighted by Gasteiger charge is -2.02. The molecule has 0 saturated heterocycles. The lowest BCUT2D eigenvalue weighted by atomic mass is 10.2. The normalized spacial score (nSPS) is 10.5. The van der Waals surface area contributed by atoms with Crippen LogP contribution in [-0.4, -0.2) is 9.78 Å². The summed E-state index contributed by atoms with van der Waals surface area (Å²) in [5.41, 5.74) is 14.2. The van der Waals surface area contributed by atoms with Gasteiger partial charge in [0.05, 0.1) is 11.9 Å². The minimum absolute atomic E-state index is 0.515. The van der Waals surface area contributed by atoms with Crippen molar-refractivity contribution in [2.24, 2.45) is 11.5 Å². The van der Waals surface area contributed by atoms with E-state index in [2.05, 4.69) is 5.10 Å². The minimum atomic E-state index is 0.515. The van der Waals surface area contributed by atoms with Crippen LogP contribution in [0.5, 0.6) is 0 Å². The number of aromatic nitrogens is 2. The van der Waals surface area contributed by atoms with Crippen LogP contribution in [0.2, 0.25) is 0 Å². The number of rotatable bonds is 3. The smallest absolute Gasteiger partial charge is 0.0645 e. The van der Waals surface area contributed by atoms with E-state index < -0.39 is 0 Å². The van der Waals surface area contributed by atoms with Gasteiger partial charge in [0.25, 0.3) is 0 Å². The number of nitrogens with zero attached hydrogens (tertiary/aromatic N) is 2. The molecule has 78 valence electrons. The van der Waals surface area contributed by atoms with Gasteiger partial charge in [-0.1, -0.05) is 12.1 Å². The van der Waals surface area contributed by atoms with Gasteiger partial charge in [-0.3, -0.25) is 0 Å². The molecule has 2 rings (SSSR count). The fourth-order valence-corrected chi connectivity index (χ4v) is 1.39. The van der Waals surface area contributed by atoms with Crippen LogP contribution in [0, 0.1) is 0 Å². The highest BCUT2D eigenvalue weighted by Gasteiger charge is 1.99. The summed E-state index contributed by atoms with van der Waals surface area (Å²) in [6, 6.07) is 7.99. The Kier molecular flexibility index (Phi) is 2.80. The van der Waals surface area contributed by atoms with Gasteiger partial charge in [-0.05, 0) is 17.7 Å². The molecule has 1 aromatic carbocycles. The molecule has 0 radical (unpaired) electrons. The zero-order valence-corrected chi connectivity index (χ0v) is 8.43. The summed E-state index contributed by atoms with van der Waals surface area (Å²) in [5.74, 6) is 0. The summed E-state index contributed by atoms with van der Waals surface area (Å²) < 4.78 is 1.81. The highest BCUT2D eigenvalue weighted by Crippen LogP contribution is 2.09. The lowest BCUT2D eigenvalue weighted by Crippen LogP contribution is -1.98. The first-order chi connectivity index (χ1) is 7.33. The monoisotopic (exact) mass is 202 g/mol. The molecular formula is C11H14N4. The second kappa shape index (κ2) is 4.25. The molecule has 0 fully saturated rings. The second-order valence-electron chi connectivity index (χ2n) is 3.37. The molecule has 1 heterocycles. The summed E-state index contributed by atoms with van der Waals surface area (Å²) in [6.07, 6.45) is 3.70. The van der Waals surface area contributed by atoms with E-state index >= 15 is 0 Å². The lowest BCUT2D eigenvalue weighted by molar-refractivity contribution is 0.877. The van der Waals surface area contributed by atoms with E-state index in [0.717, 1.165) is 16.8 Å². The van der Waals surface area contributed by atoms with Gasteiger partial charge in [0.1, 0.15) is 0 Å². The number of nitrogens with two attached hydrogens (primary N) is 2. The molecule has 0 saturated carbocycles. The molecule has 4 N–H and O–H groups in total. The Hall–Kier alpha value is -1.65. The van der Waals surface area contributed by atoms with Crippen LogP contribution in [0.25, 0.3) is 5.69 Å². The molecule has 0 aliphatic carbocycles. The third-order valence-corrected chi connectivity index (χ3v) is 2.31. The van der Waals surface area contributed by atoms with Gasteiger partial charge in [-0.25, -0.2) is 4.68 Å². The van der Waals surface area contributed by atoms with Crippen LogP contribution in [0.3, 0.4) is 0 Å². The van der Waals surface area contributed by atoms with Crippen molar-refractivity contribution in [1.29, 1.82) is 0 Å². The number of hydrogen-bond donors (Lipinski definition) is 2. The first-order valence-electron chi connectivity index (χ1n) is 4.86. The van der Waals surface area contributed by atoms with Gasteiger partial charge < -0.3 is 11.5 Å². The van der Waals surface area contributed by atoms with Crippen LogP contribution < -0.4 is 11.5 Å². The van der Waals surface area contributed by atoms with Crippen LogP contribution in [0.4, 0.5) is 0 Å². The molecular weight excluding hydrogens is 188 g/mol. The predicted molar refractivity (Wildman–Crippen MR) is 59.3 cm³/mol. The molecule has 2 aromatic rings. The van der Waals surface area contributed by atoms with Crippen molar-refractivity contribution in [1.82, 2.24) is 9.78 Å². The Balaban J connectivity index is 2.28.